The highest BCUT2D eigenvalue weighted by molar-refractivity contribution is 7.95. The van der Waals surface area contributed by atoms with Crippen LogP contribution in [0.2, 0.25) is 0 Å². The van der Waals surface area contributed by atoms with Gasteiger partial charge in [-0.3, -0.25) is 0 Å². The molecule has 0 N–H and O–H groups in total. The number of rotatable bonds is 2. The third-order valence-corrected chi connectivity index (χ3v) is 11.1. The summed E-state index contributed by atoms with van der Waals surface area (Å²) in [5, 5.41) is 0.00338. The predicted molar refractivity (Wildman–Crippen MR) is 128 cm³/mol. The molecule has 4 aliphatic rings. The first-order chi connectivity index (χ1) is 15.2. The number of hydrogen-bond acceptors (Lipinski definition) is 2. The minimum Gasteiger partial charge on any atom is -0.230 e. The zero-order valence-electron chi connectivity index (χ0n) is 19.4. The van der Waals surface area contributed by atoms with Gasteiger partial charge in [-0.05, 0) is 104 Å². The van der Waals surface area contributed by atoms with Crippen molar-refractivity contribution in [3.05, 3.63) is 75.6 Å². The summed E-state index contributed by atoms with van der Waals surface area (Å²) >= 11 is 0. The lowest BCUT2D eigenvalue weighted by atomic mass is 9.48. The van der Waals surface area contributed by atoms with Crippen LogP contribution in [0.25, 0.3) is 4.85 Å². The molecule has 0 bridgehead atoms. The van der Waals surface area contributed by atoms with Gasteiger partial charge in [0.25, 0.3) is 5.03 Å². The van der Waals surface area contributed by atoms with Gasteiger partial charge in [-0.1, -0.05) is 49.8 Å². The van der Waals surface area contributed by atoms with Crippen molar-refractivity contribution in [1.29, 1.82) is 0 Å². The van der Waals surface area contributed by atoms with Crippen molar-refractivity contribution in [2.45, 2.75) is 70.6 Å². The Morgan fingerprint density at radius 2 is 1.78 bits per heavy atom. The summed E-state index contributed by atoms with van der Waals surface area (Å²) in [6.45, 7) is 14.5. The molecule has 1 aromatic rings. The highest BCUT2D eigenvalue weighted by Crippen LogP contribution is 2.66. The average Bonchev–Trinajstić information content (AvgIpc) is 3.11. The lowest BCUT2D eigenvalue weighted by Crippen LogP contribution is -2.48. The number of allylic oxidation sites excluding steroid dienone is 5. The lowest BCUT2D eigenvalue weighted by molar-refractivity contribution is -0.00581. The van der Waals surface area contributed by atoms with E-state index in [0.29, 0.717) is 17.8 Å². The fourth-order valence-electron chi connectivity index (χ4n) is 7.58. The van der Waals surface area contributed by atoms with Crippen LogP contribution in [-0.2, 0) is 9.84 Å². The molecule has 0 amide bonds. The Labute approximate surface area is 193 Å². The maximum atomic E-state index is 13.5. The molecule has 1 aromatic carbocycles. The molecule has 5 rings (SSSR count). The molecule has 168 valence electrons. The largest absolute Gasteiger partial charge is 0.282 e. The molecule has 3 nitrogen and oxygen atoms in total. The van der Waals surface area contributed by atoms with Gasteiger partial charge in [0.2, 0.25) is 9.84 Å². The minimum absolute atomic E-state index is 0.00338. The van der Waals surface area contributed by atoms with Gasteiger partial charge in [-0.15, -0.1) is 0 Å². The smallest absolute Gasteiger partial charge is 0.230 e. The summed E-state index contributed by atoms with van der Waals surface area (Å²) in [6.07, 6.45) is 14.4. The van der Waals surface area contributed by atoms with Crippen LogP contribution in [0.4, 0.5) is 0 Å². The molecule has 2 fully saturated rings. The fourth-order valence-corrected chi connectivity index (χ4v) is 9.08. The highest BCUT2D eigenvalue weighted by atomic mass is 32.2. The highest BCUT2D eigenvalue weighted by Gasteiger charge is 2.57. The Hall–Kier alpha value is -2.12. The number of sulfone groups is 1. The van der Waals surface area contributed by atoms with Crippen LogP contribution >= 0.6 is 0 Å². The SMILES string of the molecule is [C-]#[N+]C(=C1CC[C@H]2[C@@H]3CC=C4C=CCC[C@]4(C)[C@H]3CC[C@]12C)S(=O)(=O)c1ccc(C)cc1. The molecule has 32 heavy (non-hydrogen) atoms. The van der Waals surface area contributed by atoms with Gasteiger partial charge in [0.15, 0.2) is 0 Å². The van der Waals surface area contributed by atoms with E-state index in [2.05, 4.69) is 36.9 Å². The summed E-state index contributed by atoms with van der Waals surface area (Å²) in [6, 6.07) is 6.92. The molecule has 4 aliphatic carbocycles. The van der Waals surface area contributed by atoms with Crippen LogP contribution in [0.3, 0.4) is 0 Å². The first-order valence-electron chi connectivity index (χ1n) is 12.0. The molecule has 0 saturated heterocycles. The van der Waals surface area contributed by atoms with E-state index in [-0.39, 0.29) is 20.8 Å². The van der Waals surface area contributed by atoms with Gasteiger partial charge < -0.3 is 0 Å². The van der Waals surface area contributed by atoms with E-state index < -0.39 is 9.84 Å². The van der Waals surface area contributed by atoms with E-state index in [1.807, 2.05) is 19.1 Å². The zero-order chi connectivity index (χ0) is 22.7. The van der Waals surface area contributed by atoms with E-state index in [1.165, 1.54) is 12.0 Å². The molecular weight excluding hydrogens is 414 g/mol. The minimum atomic E-state index is -3.80. The van der Waals surface area contributed by atoms with Crippen LogP contribution < -0.4 is 0 Å². The maximum absolute atomic E-state index is 13.5. The van der Waals surface area contributed by atoms with Gasteiger partial charge in [-0.25, -0.2) is 13.3 Å². The lowest BCUT2D eigenvalue weighted by Gasteiger charge is -2.56. The normalized spacial score (nSPS) is 37.6. The average molecular weight is 448 g/mol. The van der Waals surface area contributed by atoms with E-state index in [4.69, 9.17) is 6.57 Å². The first-order valence-corrected chi connectivity index (χ1v) is 13.5. The van der Waals surface area contributed by atoms with Gasteiger partial charge >= 0.3 is 0 Å². The summed E-state index contributed by atoms with van der Waals surface area (Å²) in [4.78, 5) is 3.93. The maximum Gasteiger partial charge on any atom is 0.282 e. The molecule has 5 atom stereocenters. The van der Waals surface area contributed by atoms with Crippen molar-refractivity contribution in [1.82, 2.24) is 0 Å². The molecule has 0 unspecified atom stereocenters. The number of aryl methyl sites for hydroxylation is 1. The molecule has 0 aliphatic heterocycles. The van der Waals surface area contributed by atoms with Crippen molar-refractivity contribution in [3.8, 4) is 0 Å². The summed E-state index contributed by atoms with van der Waals surface area (Å²) in [5.74, 6) is 1.71. The van der Waals surface area contributed by atoms with Gasteiger partial charge in [0.1, 0.15) is 0 Å². The van der Waals surface area contributed by atoms with Crippen molar-refractivity contribution in [3.63, 3.8) is 0 Å². The van der Waals surface area contributed by atoms with E-state index in [0.717, 1.165) is 49.7 Å². The van der Waals surface area contributed by atoms with E-state index in [1.54, 1.807) is 12.1 Å². The van der Waals surface area contributed by atoms with Crippen LogP contribution in [0, 0.1) is 42.1 Å². The molecular formula is C28H33NO2S. The molecule has 0 heterocycles. The van der Waals surface area contributed by atoms with Crippen LogP contribution in [0.5, 0.6) is 0 Å². The van der Waals surface area contributed by atoms with Crippen LogP contribution in [0.1, 0.15) is 64.4 Å². The Kier molecular flexibility index (Phi) is 5.06. The molecule has 0 spiro atoms. The Bertz CT molecular complexity index is 1180. The summed E-state index contributed by atoms with van der Waals surface area (Å²) < 4.78 is 27.0. The standard InChI is InChI=1S/C28H33NO2S/c1-19-8-11-21(12-9-19)32(30,31)26(29-4)25-15-14-23-22-13-10-20-7-5-6-17-27(20,2)24(22)16-18-28(23,25)3/h5,7-12,22-24H,6,13-18H2,1-3H3/t22-,23-,24-,27-,28-/m0/s1. The second kappa shape index (κ2) is 7.45. The van der Waals surface area contributed by atoms with Crippen molar-refractivity contribution in [2.75, 3.05) is 0 Å². The number of nitrogens with zero attached hydrogens (tertiary/aromatic N) is 1. The first kappa shape index (κ1) is 21.7. The monoisotopic (exact) mass is 447 g/mol. The number of hydrogen-bond donors (Lipinski definition) is 0. The quantitative estimate of drug-likeness (QED) is 0.457. The Balaban J connectivity index is 1.55. The topological polar surface area (TPSA) is 38.5 Å². The van der Waals surface area contributed by atoms with Crippen LogP contribution in [0.15, 0.2) is 63.6 Å². The zero-order valence-corrected chi connectivity index (χ0v) is 20.2. The number of benzene rings is 1. The van der Waals surface area contributed by atoms with E-state index >= 15 is 0 Å². The fraction of sp³-hybridized carbons (Fsp3) is 0.536. The predicted octanol–water partition coefficient (Wildman–Crippen LogP) is 7.03. The molecule has 4 heteroatoms. The van der Waals surface area contributed by atoms with Crippen molar-refractivity contribution < 1.29 is 8.42 Å². The van der Waals surface area contributed by atoms with Crippen molar-refractivity contribution in [2.24, 2.45) is 28.6 Å². The Morgan fingerprint density at radius 1 is 1.06 bits per heavy atom. The second-order valence-corrected chi connectivity index (χ2v) is 12.7. The second-order valence-electron chi connectivity index (χ2n) is 10.8. The van der Waals surface area contributed by atoms with E-state index in [9.17, 15) is 8.42 Å². The molecule has 2 saturated carbocycles. The van der Waals surface area contributed by atoms with Gasteiger partial charge in [0, 0.05) is 0 Å². The van der Waals surface area contributed by atoms with Gasteiger partial charge in [-0.2, -0.15) is 0 Å². The summed E-state index contributed by atoms with van der Waals surface area (Å²) in [7, 11) is -3.80. The Morgan fingerprint density at radius 3 is 2.50 bits per heavy atom. The summed E-state index contributed by atoms with van der Waals surface area (Å²) in [5.41, 5.74) is 3.50. The number of fused-ring (bicyclic) bond motifs is 5. The third-order valence-electron chi connectivity index (χ3n) is 9.38. The van der Waals surface area contributed by atoms with Crippen LogP contribution in [-0.4, -0.2) is 8.42 Å². The molecule has 0 aromatic heterocycles. The molecule has 0 radical (unpaired) electrons. The van der Waals surface area contributed by atoms with Gasteiger partial charge in [0.05, 0.1) is 11.5 Å². The van der Waals surface area contributed by atoms with Crippen molar-refractivity contribution >= 4 is 9.84 Å². The third kappa shape index (κ3) is 3.00.